The van der Waals surface area contributed by atoms with Crippen molar-refractivity contribution in [3.05, 3.63) is 71.8 Å². The molecular weight excluding hydrogens is 338 g/mol. The highest BCUT2D eigenvalue weighted by molar-refractivity contribution is 5.90. The lowest BCUT2D eigenvalue weighted by molar-refractivity contribution is -0.134. The fourth-order valence-corrected chi connectivity index (χ4v) is 4.42. The van der Waals surface area contributed by atoms with Crippen LogP contribution in [0.15, 0.2) is 60.7 Å². The molecule has 0 saturated carbocycles. The molecule has 0 spiro atoms. The summed E-state index contributed by atoms with van der Waals surface area (Å²) >= 11 is 0. The summed E-state index contributed by atoms with van der Waals surface area (Å²) in [6, 6.07) is 20.3. The van der Waals surface area contributed by atoms with Crippen LogP contribution in [0.2, 0.25) is 0 Å². The van der Waals surface area contributed by atoms with Gasteiger partial charge in [0.15, 0.2) is 0 Å². The first-order chi connectivity index (χ1) is 13.1. The van der Waals surface area contributed by atoms with Crippen molar-refractivity contribution in [3.63, 3.8) is 0 Å². The zero-order valence-electron chi connectivity index (χ0n) is 15.6. The molecule has 1 atom stereocenters. The summed E-state index contributed by atoms with van der Waals surface area (Å²) in [7, 11) is 1.72. The fraction of sp³-hybridized carbons (Fsp3) is 0.364. The molecule has 2 heterocycles. The quantitative estimate of drug-likeness (QED) is 0.911. The molecule has 0 radical (unpaired) electrons. The summed E-state index contributed by atoms with van der Waals surface area (Å²) in [4.78, 5) is 28.4. The molecule has 2 saturated heterocycles. The number of rotatable bonds is 3. The average molecular weight is 363 g/mol. The third-order valence-corrected chi connectivity index (χ3v) is 5.86. The van der Waals surface area contributed by atoms with Crippen LogP contribution in [0.3, 0.4) is 0 Å². The molecule has 2 aromatic carbocycles. The van der Waals surface area contributed by atoms with E-state index in [0.717, 1.165) is 19.4 Å². The van der Waals surface area contributed by atoms with Gasteiger partial charge < -0.3 is 15.1 Å². The number of carbonyl (C=O) groups excluding carboxylic acids is 2. The van der Waals surface area contributed by atoms with Crippen LogP contribution in [0, 0.1) is 0 Å². The molecule has 2 aliphatic heterocycles. The zero-order chi connectivity index (χ0) is 18.9. The second-order valence-corrected chi connectivity index (χ2v) is 7.56. The third-order valence-electron chi connectivity index (χ3n) is 5.86. The number of likely N-dealkylation sites (tertiary alicyclic amines) is 1. The standard InChI is InChI=1S/C22H25N3O2/c1-24-15-19(23-21(24)27)20(26)25-14-8-13-22(16-25,17-9-4-2-5-10-17)18-11-6-3-7-12-18/h2-7,9-12,19H,8,13-16H2,1H3,(H,23,27)/t19-/m1/s1. The molecular formula is C22H25N3O2. The molecule has 2 fully saturated rings. The monoisotopic (exact) mass is 363 g/mol. The van der Waals surface area contributed by atoms with E-state index < -0.39 is 6.04 Å². The van der Waals surface area contributed by atoms with Gasteiger partial charge in [-0.15, -0.1) is 0 Å². The first kappa shape index (κ1) is 17.6. The molecule has 1 N–H and O–H groups in total. The van der Waals surface area contributed by atoms with E-state index in [1.165, 1.54) is 11.1 Å². The summed E-state index contributed by atoms with van der Waals surface area (Å²) in [5.41, 5.74) is 2.26. The van der Waals surface area contributed by atoms with Crippen LogP contribution in [0.1, 0.15) is 24.0 Å². The van der Waals surface area contributed by atoms with Crippen molar-refractivity contribution in [1.82, 2.24) is 15.1 Å². The lowest BCUT2D eigenvalue weighted by Gasteiger charge is -2.44. The minimum absolute atomic E-state index is 0.0173. The number of likely N-dealkylation sites (N-methyl/N-ethyl adjacent to an activating group) is 1. The van der Waals surface area contributed by atoms with Crippen LogP contribution < -0.4 is 5.32 Å². The van der Waals surface area contributed by atoms with E-state index >= 15 is 0 Å². The van der Waals surface area contributed by atoms with Crippen molar-refractivity contribution in [2.24, 2.45) is 0 Å². The van der Waals surface area contributed by atoms with Gasteiger partial charge in [-0.2, -0.15) is 0 Å². The number of urea groups is 1. The highest BCUT2D eigenvalue weighted by Crippen LogP contribution is 2.40. The predicted octanol–water partition coefficient (Wildman–Crippen LogP) is 2.62. The number of carbonyl (C=O) groups is 2. The van der Waals surface area contributed by atoms with Gasteiger partial charge in [0.25, 0.3) is 0 Å². The van der Waals surface area contributed by atoms with E-state index in [1.807, 2.05) is 17.0 Å². The second-order valence-electron chi connectivity index (χ2n) is 7.56. The summed E-state index contributed by atoms with van der Waals surface area (Å²) in [5, 5.41) is 2.80. The van der Waals surface area contributed by atoms with Gasteiger partial charge >= 0.3 is 6.03 Å². The number of hydrogen-bond acceptors (Lipinski definition) is 2. The summed E-state index contributed by atoms with van der Waals surface area (Å²) in [5.74, 6) is 0.0173. The first-order valence-corrected chi connectivity index (χ1v) is 9.52. The number of benzene rings is 2. The first-order valence-electron chi connectivity index (χ1n) is 9.52. The highest BCUT2D eigenvalue weighted by atomic mass is 16.2. The van der Waals surface area contributed by atoms with Gasteiger partial charge in [0.2, 0.25) is 5.91 Å². The Morgan fingerprint density at radius 2 is 1.63 bits per heavy atom. The van der Waals surface area contributed by atoms with Gasteiger partial charge in [0.05, 0.1) is 6.54 Å². The van der Waals surface area contributed by atoms with E-state index in [9.17, 15) is 9.59 Å². The lowest BCUT2D eigenvalue weighted by Crippen LogP contribution is -2.54. The van der Waals surface area contributed by atoms with Gasteiger partial charge in [-0.1, -0.05) is 60.7 Å². The fourth-order valence-electron chi connectivity index (χ4n) is 4.42. The van der Waals surface area contributed by atoms with Crippen molar-refractivity contribution in [1.29, 1.82) is 0 Å². The van der Waals surface area contributed by atoms with Crippen molar-refractivity contribution < 1.29 is 9.59 Å². The number of piperidine rings is 1. The SMILES string of the molecule is CN1C[C@H](C(=O)N2CCCC(c3ccccc3)(c3ccccc3)C2)NC1=O. The molecule has 5 nitrogen and oxygen atoms in total. The molecule has 5 heteroatoms. The number of hydrogen-bond donors (Lipinski definition) is 1. The van der Waals surface area contributed by atoms with Crippen LogP contribution in [-0.4, -0.2) is 54.5 Å². The predicted molar refractivity (Wildman–Crippen MR) is 104 cm³/mol. The number of amides is 3. The van der Waals surface area contributed by atoms with Crippen LogP contribution in [0.5, 0.6) is 0 Å². The van der Waals surface area contributed by atoms with E-state index in [2.05, 4.69) is 53.8 Å². The van der Waals surface area contributed by atoms with Crippen molar-refractivity contribution in [2.45, 2.75) is 24.3 Å². The molecule has 0 bridgehead atoms. The van der Waals surface area contributed by atoms with Gasteiger partial charge in [0.1, 0.15) is 6.04 Å². The maximum absolute atomic E-state index is 13.1. The van der Waals surface area contributed by atoms with E-state index in [1.54, 1.807) is 11.9 Å². The normalized spacial score (nSPS) is 21.8. The lowest BCUT2D eigenvalue weighted by atomic mass is 9.69. The third kappa shape index (κ3) is 3.18. The summed E-state index contributed by atoms with van der Waals surface area (Å²) in [6.07, 6.45) is 1.94. The van der Waals surface area contributed by atoms with Crippen LogP contribution in [0.4, 0.5) is 4.79 Å². The Bertz CT molecular complexity index is 782. The van der Waals surface area contributed by atoms with E-state index in [4.69, 9.17) is 0 Å². The molecule has 0 unspecified atom stereocenters. The van der Waals surface area contributed by atoms with Gasteiger partial charge in [-0.25, -0.2) is 4.79 Å². The van der Waals surface area contributed by atoms with E-state index in [-0.39, 0.29) is 17.4 Å². The molecule has 4 rings (SSSR count). The van der Waals surface area contributed by atoms with Gasteiger partial charge in [0, 0.05) is 25.6 Å². The summed E-state index contributed by atoms with van der Waals surface area (Å²) in [6.45, 7) is 1.80. The van der Waals surface area contributed by atoms with E-state index in [0.29, 0.717) is 13.1 Å². The largest absolute Gasteiger partial charge is 0.340 e. The number of nitrogens with one attached hydrogen (secondary N) is 1. The number of nitrogens with zero attached hydrogens (tertiary/aromatic N) is 2. The Morgan fingerprint density at radius 1 is 1.04 bits per heavy atom. The maximum Gasteiger partial charge on any atom is 0.317 e. The van der Waals surface area contributed by atoms with Gasteiger partial charge in [-0.3, -0.25) is 4.79 Å². The molecule has 0 aliphatic carbocycles. The summed E-state index contributed by atoms with van der Waals surface area (Å²) < 4.78 is 0. The minimum Gasteiger partial charge on any atom is -0.340 e. The van der Waals surface area contributed by atoms with Crippen LogP contribution >= 0.6 is 0 Å². The Kier molecular flexibility index (Phi) is 4.60. The minimum atomic E-state index is -0.454. The molecule has 140 valence electrons. The zero-order valence-corrected chi connectivity index (χ0v) is 15.6. The molecule has 27 heavy (non-hydrogen) atoms. The topological polar surface area (TPSA) is 52.7 Å². The molecule has 2 aromatic rings. The van der Waals surface area contributed by atoms with Crippen molar-refractivity contribution >= 4 is 11.9 Å². The van der Waals surface area contributed by atoms with Crippen molar-refractivity contribution in [2.75, 3.05) is 26.7 Å². The van der Waals surface area contributed by atoms with Crippen LogP contribution in [-0.2, 0) is 10.2 Å². The average Bonchev–Trinajstić information content (AvgIpc) is 3.07. The highest BCUT2D eigenvalue weighted by Gasteiger charge is 2.42. The molecule has 2 aliphatic rings. The second kappa shape index (κ2) is 7.06. The van der Waals surface area contributed by atoms with Crippen molar-refractivity contribution in [3.8, 4) is 0 Å². The Morgan fingerprint density at radius 3 is 2.15 bits per heavy atom. The smallest absolute Gasteiger partial charge is 0.317 e. The Labute approximate surface area is 160 Å². The van der Waals surface area contributed by atoms with Crippen LogP contribution in [0.25, 0.3) is 0 Å². The maximum atomic E-state index is 13.1. The Hall–Kier alpha value is -2.82. The molecule has 3 amide bonds. The Balaban J connectivity index is 1.67. The van der Waals surface area contributed by atoms with Gasteiger partial charge in [-0.05, 0) is 24.0 Å². The molecule has 0 aromatic heterocycles.